The van der Waals surface area contributed by atoms with Crippen LogP contribution in [0.3, 0.4) is 0 Å². The normalized spacial score (nSPS) is 10.7. The number of phenolic OH excluding ortho intramolecular Hbond substituents is 1. The van der Waals surface area contributed by atoms with Gasteiger partial charge < -0.3 is 19.1 Å². The molecule has 0 saturated heterocycles. The number of benzene rings is 1. The second kappa shape index (κ2) is 12.1. The third kappa shape index (κ3) is 7.26. The Bertz CT molecular complexity index is 730. The number of aromatic hydroxyl groups is 1. The first-order valence-corrected chi connectivity index (χ1v) is 9.30. The van der Waals surface area contributed by atoms with E-state index in [9.17, 15) is 27.7 Å². The van der Waals surface area contributed by atoms with E-state index in [1.807, 2.05) is 13.8 Å². The summed E-state index contributed by atoms with van der Waals surface area (Å²) < 4.78 is 43.5. The summed E-state index contributed by atoms with van der Waals surface area (Å²) in [5.41, 5.74) is -1.04. The van der Waals surface area contributed by atoms with E-state index in [1.165, 1.54) is 0 Å². The molecule has 0 heterocycles. The molecular formula is C16H21KO8S. The number of phenols is 1. The van der Waals surface area contributed by atoms with Gasteiger partial charge in [0, 0.05) is 0 Å². The van der Waals surface area contributed by atoms with Crippen molar-refractivity contribution in [2.45, 2.75) is 44.4 Å². The van der Waals surface area contributed by atoms with Crippen molar-refractivity contribution < 1.29 is 88.5 Å². The van der Waals surface area contributed by atoms with E-state index in [4.69, 9.17) is 9.47 Å². The molecule has 0 amide bonds. The molecule has 8 nitrogen and oxygen atoms in total. The van der Waals surface area contributed by atoms with E-state index in [-0.39, 0.29) is 70.2 Å². The molecule has 0 atom stereocenters. The fraction of sp³-hybridized carbons (Fsp3) is 0.500. The van der Waals surface area contributed by atoms with Crippen LogP contribution in [0.1, 0.15) is 60.2 Å². The molecule has 0 fully saturated rings. The predicted octanol–water partition coefficient (Wildman–Crippen LogP) is -0.786. The number of hydrogen-bond acceptors (Lipinski definition) is 8. The van der Waals surface area contributed by atoms with Crippen molar-refractivity contribution >= 4 is 22.1 Å². The van der Waals surface area contributed by atoms with Gasteiger partial charge in [-0.2, -0.15) is 0 Å². The van der Waals surface area contributed by atoms with E-state index < -0.39 is 38.3 Å². The standard InChI is InChI=1S/C16H22O8S.K/c1-3-5-9-23-15(18)11-7-8-12(25(20,21)22)14(17)13(11)16(19)24-10-6-4-2;/h7-8,17H,3-6,9-10H2,1-2H3,(H,20,21,22);/q;+1/p-1. The van der Waals surface area contributed by atoms with Gasteiger partial charge in [0.2, 0.25) is 0 Å². The van der Waals surface area contributed by atoms with Crippen LogP contribution >= 0.6 is 0 Å². The Balaban J connectivity index is 0.00000625. The monoisotopic (exact) mass is 412 g/mol. The number of carbonyl (C=O) groups is 2. The minimum Gasteiger partial charge on any atom is -0.744 e. The van der Waals surface area contributed by atoms with Gasteiger partial charge in [0.1, 0.15) is 21.4 Å². The summed E-state index contributed by atoms with van der Waals surface area (Å²) >= 11 is 0. The summed E-state index contributed by atoms with van der Waals surface area (Å²) in [5.74, 6) is -3.12. The van der Waals surface area contributed by atoms with Gasteiger partial charge in [-0.1, -0.05) is 26.7 Å². The van der Waals surface area contributed by atoms with Crippen molar-refractivity contribution in [2.75, 3.05) is 13.2 Å². The number of hydrogen-bond donors (Lipinski definition) is 1. The van der Waals surface area contributed by atoms with Gasteiger partial charge in [0.15, 0.2) is 0 Å². The molecule has 0 spiro atoms. The quantitative estimate of drug-likeness (QED) is 0.242. The molecule has 0 aliphatic rings. The van der Waals surface area contributed by atoms with E-state index in [0.29, 0.717) is 12.8 Å². The molecule has 26 heavy (non-hydrogen) atoms. The zero-order valence-corrected chi connectivity index (χ0v) is 19.1. The Morgan fingerprint density at radius 3 is 2.00 bits per heavy atom. The van der Waals surface area contributed by atoms with Gasteiger partial charge in [-0.25, -0.2) is 18.0 Å². The van der Waals surface area contributed by atoms with Crippen LogP contribution in [0, 0.1) is 0 Å². The molecule has 1 aromatic rings. The van der Waals surface area contributed by atoms with E-state index in [2.05, 4.69) is 0 Å². The van der Waals surface area contributed by atoms with Crippen molar-refractivity contribution in [1.82, 2.24) is 0 Å². The molecule has 1 aromatic carbocycles. The zero-order valence-electron chi connectivity index (χ0n) is 15.1. The Morgan fingerprint density at radius 2 is 1.54 bits per heavy atom. The van der Waals surface area contributed by atoms with Crippen molar-refractivity contribution in [2.24, 2.45) is 0 Å². The van der Waals surface area contributed by atoms with Crippen LogP contribution in [0.25, 0.3) is 0 Å². The number of rotatable bonds is 9. The molecule has 0 radical (unpaired) electrons. The molecule has 0 aromatic heterocycles. The molecule has 1 N–H and O–H groups in total. The number of unbranched alkanes of at least 4 members (excludes halogenated alkanes) is 2. The summed E-state index contributed by atoms with van der Waals surface area (Å²) in [6.45, 7) is 3.88. The average Bonchev–Trinajstić information content (AvgIpc) is 2.53. The third-order valence-electron chi connectivity index (χ3n) is 3.30. The fourth-order valence-electron chi connectivity index (χ4n) is 1.92. The maximum atomic E-state index is 12.2. The SMILES string of the molecule is CCCCOC(=O)c1ccc(S(=O)(=O)[O-])c(O)c1C(=O)OCCCC.[K+]. The Hall–Kier alpha value is -0.494. The van der Waals surface area contributed by atoms with Gasteiger partial charge in [-0.3, -0.25) is 0 Å². The summed E-state index contributed by atoms with van der Waals surface area (Å²) in [6, 6.07) is 1.71. The third-order valence-corrected chi connectivity index (χ3v) is 4.16. The minimum atomic E-state index is -5.04. The molecule has 0 bridgehead atoms. The summed E-state index contributed by atoms with van der Waals surface area (Å²) in [5, 5.41) is 10.1. The zero-order chi connectivity index (χ0) is 19.0. The Kier molecular flexibility index (Phi) is 11.8. The van der Waals surface area contributed by atoms with Gasteiger partial charge in [-0.05, 0) is 25.0 Å². The smallest absolute Gasteiger partial charge is 0.744 e. The van der Waals surface area contributed by atoms with Crippen molar-refractivity contribution in [3.8, 4) is 5.75 Å². The van der Waals surface area contributed by atoms with E-state index in [0.717, 1.165) is 25.0 Å². The van der Waals surface area contributed by atoms with Crippen LogP contribution in [0.15, 0.2) is 17.0 Å². The fourth-order valence-corrected chi connectivity index (χ4v) is 2.49. The van der Waals surface area contributed by atoms with Gasteiger partial charge in [0.25, 0.3) is 0 Å². The molecule has 0 unspecified atom stereocenters. The van der Waals surface area contributed by atoms with Crippen LogP contribution in [-0.4, -0.2) is 43.2 Å². The van der Waals surface area contributed by atoms with Gasteiger partial charge >= 0.3 is 63.3 Å². The Morgan fingerprint density at radius 1 is 1.04 bits per heavy atom. The first-order valence-electron chi connectivity index (χ1n) is 7.90. The molecule has 10 heteroatoms. The molecule has 0 aliphatic carbocycles. The number of carbonyl (C=O) groups excluding carboxylic acids is 2. The second-order valence-electron chi connectivity index (χ2n) is 5.27. The van der Waals surface area contributed by atoms with Crippen LogP contribution < -0.4 is 51.4 Å². The van der Waals surface area contributed by atoms with Crippen molar-refractivity contribution in [3.63, 3.8) is 0 Å². The van der Waals surface area contributed by atoms with Crippen molar-refractivity contribution in [3.05, 3.63) is 23.3 Å². The largest absolute Gasteiger partial charge is 1.00 e. The van der Waals surface area contributed by atoms with Crippen LogP contribution in [0.5, 0.6) is 5.75 Å². The minimum absolute atomic E-state index is 0. The second-order valence-corrected chi connectivity index (χ2v) is 6.62. The number of esters is 2. The Labute approximate surface area is 195 Å². The summed E-state index contributed by atoms with van der Waals surface area (Å²) in [6.07, 6.45) is 2.65. The van der Waals surface area contributed by atoms with Gasteiger partial charge in [-0.15, -0.1) is 0 Å². The van der Waals surface area contributed by atoms with E-state index >= 15 is 0 Å². The van der Waals surface area contributed by atoms with Gasteiger partial charge in [0.05, 0.1) is 23.7 Å². The predicted molar refractivity (Wildman–Crippen MR) is 86.5 cm³/mol. The first kappa shape index (κ1) is 25.5. The van der Waals surface area contributed by atoms with E-state index in [1.54, 1.807) is 0 Å². The first-order chi connectivity index (χ1) is 11.7. The molecule has 140 valence electrons. The van der Waals surface area contributed by atoms with Crippen LogP contribution in [0.4, 0.5) is 0 Å². The maximum absolute atomic E-state index is 12.2. The molecule has 1 rings (SSSR count). The molecule has 0 saturated carbocycles. The average molecular weight is 413 g/mol. The van der Waals surface area contributed by atoms with Crippen LogP contribution in [-0.2, 0) is 19.6 Å². The number of ether oxygens (including phenoxy) is 2. The summed E-state index contributed by atoms with van der Waals surface area (Å²) in [7, 11) is -5.04. The summed E-state index contributed by atoms with van der Waals surface area (Å²) in [4.78, 5) is 23.3. The molecule has 0 aliphatic heterocycles. The maximum Gasteiger partial charge on any atom is 1.00 e. The molecular weight excluding hydrogens is 391 g/mol. The topological polar surface area (TPSA) is 130 Å². The van der Waals surface area contributed by atoms with Crippen molar-refractivity contribution in [1.29, 1.82) is 0 Å². The van der Waals surface area contributed by atoms with Crippen LogP contribution in [0.2, 0.25) is 0 Å².